The van der Waals surface area contributed by atoms with Crippen LogP contribution < -0.4 is 10.1 Å². The van der Waals surface area contributed by atoms with Crippen LogP contribution in [0.5, 0.6) is 11.5 Å². The van der Waals surface area contributed by atoms with Gasteiger partial charge in [0.2, 0.25) is 5.91 Å². The minimum atomic E-state index is -0.132. The summed E-state index contributed by atoms with van der Waals surface area (Å²) >= 11 is 0. The molecule has 1 unspecified atom stereocenters. The van der Waals surface area contributed by atoms with Gasteiger partial charge in [-0.25, -0.2) is 4.98 Å². The zero-order valence-corrected chi connectivity index (χ0v) is 16.6. The highest BCUT2D eigenvalue weighted by Gasteiger charge is 2.20. The quantitative estimate of drug-likeness (QED) is 0.489. The summed E-state index contributed by atoms with van der Waals surface area (Å²) in [6, 6.07) is 15.2. The number of phenolic OH excluding ortho intramolecular Hbond substituents is 1. The second kappa shape index (κ2) is 10.3. The number of aromatic amines is 1. The maximum Gasteiger partial charge on any atom is 0.220 e. The van der Waals surface area contributed by atoms with Crippen molar-refractivity contribution in [3.63, 3.8) is 0 Å². The summed E-state index contributed by atoms with van der Waals surface area (Å²) in [7, 11) is 0. The average Bonchev–Trinajstić information content (AvgIpc) is 3.26. The molecule has 0 aliphatic carbocycles. The van der Waals surface area contributed by atoms with Crippen LogP contribution in [-0.2, 0) is 11.2 Å². The fourth-order valence-corrected chi connectivity index (χ4v) is 3.20. The number of rotatable bonds is 10. The van der Waals surface area contributed by atoms with Crippen LogP contribution >= 0.6 is 0 Å². The monoisotopic (exact) mass is 393 g/mol. The van der Waals surface area contributed by atoms with Crippen LogP contribution in [0.25, 0.3) is 0 Å². The largest absolute Gasteiger partial charge is 0.504 e. The van der Waals surface area contributed by atoms with Gasteiger partial charge >= 0.3 is 0 Å². The van der Waals surface area contributed by atoms with Crippen molar-refractivity contribution in [2.24, 2.45) is 0 Å². The van der Waals surface area contributed by atoms with Crippen molar-refractivity contribution in [3.8, 4) is 11.5 Å². The predicted octanol–water partition coefficient (Wildman–Crippen LogP) is 3.79. The molecule has 0 aliphatic heterocycles. The SMILES string of the molecule is CCCOc1cc(C(CC(=O)NCCc2cnc[nH]2)c2ccccc2)ccc1O. The van der Waals surface area contributed by atoms with Gasteiger partial charge in [0.05, 0.1) is 12.9 Å². The summed E-state index contributed by atoms with van der Waals surface area (Å²) in [6.07, 6.45) is 5.25. The fraction of sp³-hybridized carbons (Fsp3) is 0.304. The van der Waals surface area contributed by atoms with Crippen molar-refractivity contribution in [2.75, 3.05) is 13.2 Å². The maximum absolute atomic E-state index is 12.6. The number of hydrogen-bond acceptors (Lipinski definition) is 4. The van der Waals surface area contributed by atoms with Crippen molar-refractivity contribution in [2.45, 2.75) is 32.1 Å². The highest BCUT2D eigenvalue weighted by atomic mass is 16.5. The number of aromatic hydroxyl groups is 1. The van der Waals surface area contributed by atoms with E-state index < -0.39 is 0 Å². The van der Waals surface area contributed by atoms with Crippen molar-refractivity contribution < 1.29 is 14.6 Å². The molecule has 0 aliphatic rings. The molecule has 0 spiro atoms. The smallest absolute Gasteiger partial charge is 0.220 e. The first kappa shape index (κ1) is 20.5. The summed E-state index contributed by atoms with van der Waals surface area (Å²) < 4.78 is 5.66. The fourth-order valence-electron chi connectivity index (χ4n) is 3.20. The molecule has 1 heterocycles. The Balaban J connectivity index is 1.74. The van der Waals surface area contributed by atoms with Crippen LogP contribution in [0.15, 0.2) is 61.1 Å². The highest BCUT2D eigenvalue weighted by Crippen LogP contribution is 2.34. The molecule has 152 valence electrons. The van der Waals surface area contributed by atoms with Crippen LogP contribution in [0.4, 0.5) is 0 Å². The van der Waals surface area contributed by atoms with E-state index in [2.05, 4.69) is 15.3 Å². The number of carbonyl (C=O) groups excluding carboxylic acids is 1. The Bertz CT molecular complexity index is 895. The van der Waals surface area contributed by atoms with Crippen molar-refractivity contribution in [1.29, 1.82) is 0 Å². The number of carbonyl (C=O) groups is 1. The number of H-pyrrole nitrogens is 1. The van der Waals surface area contributed by atoms with Gasteiger partial charge in [0, 0.05) is 37.2 Å². The number of hydrogen-bond donors (Lipinski definition) is 3. The first-order chi connectivity index (χ1) is 14.2. The summed E-state index contributed by atoms with van der Waals surface area (Å²) in [6.45, 7) is 3.09. The molecule has 0 fully saturated rings. The van der Waals surface area contributed by atoms with Gasteiger partial charge in [-0.2, -0.15) is 0 Å². The number of aromatic nitrogens is 2. The molecule has 6 nitrogen and oxygen atoms in total. The average molecular weight is 393 g/mol. The van der Waals surface area contributed by atoms with Gasteiger partial charge in [-0.15, -0.1) is 0 Å². The number of benzene rings is 2. The van der Waals surface area contributed by atoms with E-state index >= 15 is 0 Å². The first-order valence-electron chi connectivity index (χ1n) is 9.92. The zero-order chi connectivity index (χ0) is 20.5. The summed E-state index contributed by atoms with van der Waals surface area (Å²) in [5, 5.41) is 13.1. The molecule has 1 amide bonds. The Kier molecular flexibility index (Phi) is 7.28. The molecule has 2 aromatic carbocycles. The van der Waals surface area contributed by atoms with E-state index in [-0.39, 0.29) is 17.6 Å². The van der Waals surface area contributed by atoms with E-state index in [4.69, 9.17) is 4.74 Å². The third-order valence-electron chi connectivity index (χ3n) is 4.71. The summed E-state index contributed by atoms with van der Waals surface area (Å²) in [5.41, 5.74) is 2.97. The maximum atomic E-state index is 12.6. The number of phenols is 1. The van der Waals surface area contributed by atoms with Gasteiger partial charge in [-0.05, 0) is 29.7 Å². The molecule has 3 rings (SSSR count). The molecule has 6 heteroatoms. The van der Waals surface area contributed by atoms with E-state index in [9.17, 15) is 9.90 Å². The van der Waals surface area contributed by atoms with Crippen LogP contribution in [0, 0.1) is 0 Å². The molecule has 0 bridgehead atoms. The molecule has 3 aromatic rings. The van der Waals surface area contributed by atoms with E-state index in [1.54, 1.807) is 18.6 Å². The Labute approximate surface area is 171 Å². The minimum absolute atomic E-state index is 0.0255. The Hall–Kier alpha value is -3.28. The van der Waals surface area contributed by atoms with Gasteiger partial charge in [0.25, 0.3) is 0 Å². The van der Waals surface area contributed by atoms with Crippen LogP contribution in [-0.4, -0.2) is 34.1 Å². The lowest BCUT2D eigenvalue weighted by Crippen LogP contribution is -2.27. The van der Waals surface area contributed by atoms with Gasteiger partial charge in [0.1, 0.15) is 0 Å². The number of ether oxygens (including phenoxy) is 1. The Morgan fingerprint density at radius 1 is 1.21 bits per heavy atom. The third-order valence-corrected chi connectivity index (χ3v) is 4.71. The molecule has 0 radical (unpaired) electrons. The van der Waals surface area contributed by atoms with Gasteiger partial charge in [-0.1, -0.05) is 43.3 Å². The van der Waals surface area contributed by atoms with Crippen LogP contribution in [0.3, 0.4) is 0 Å². The van der Waals surface area contributed by atoms with Gasteiger partial charge in [0.15, 0.2) is 11.5 Å². The summed E-state index contributed by atoms with van der Waals surface area (Å²) in [5.74, 6) is 0.401. The van der Waals surface area contributed by atoms with E-state index in [1.165, 1.54) is 0 Å². The topological polar surface area (TPSA) is 87.2 Å². The molecular weight excluding hydrogens is 366 g/mol. The lowest BCUT2D eigenvalue weighted by atomic mass is 9.88. The molecule has 0 saturated carbocycles. The van der Waals surface area contributed by atoms with E-state index in [1.807, 2.05) is 49.4 Å². The minimum Gasteiger partial charge on any atom is -0.504 e. The van der Waals surface area contributed by atoms with E-state index in [0.29, 0.717) is 31.7 Å². The molecule has 0 saturated heterocycles. The standard InChI is InChI=1S/C23H27N3O3/c1-2-12-29-22-13-18(8-9-21(22)27)20(17-6-4-3-5-7-17)14-23(28)25-11-10-19-15-24-16-26-19/h3-9,13,15-16,20,27H,2,10-12,14H2,1H3,(H,24,26)(H,25,28). The Morgan fingerprint density at radius 3 is 2.76 bits per heavy atom. The second-order valence-electron chi connectivity index (χ2n) is 6.92. The zero-order valence-electron chi connectivity index (χ0n) is 16.6. The predicted molar refractivity (Wildman–Crippen MR) is 112 cm³/mol. The third kappa shape index (κ3) is 5.85. The highest BCUT2D eigenvalue weighted by molar-refractivity contribution is 5.77. The lowest BCUT2D eigenvalue weighted by molar-refractivity contribution is -0.121. The number of imidazole rings is 1. The van der Waals surface area contributed by atoms with E-state index in [0.717, 1.165) is 23.2 Å². The van der Waals surface area contributed by atoms with Crippen molar-refractivity contribution >= 4 is 5.91 Å². The molecule has 3 N–H and O–H groups in total. The van der Waals surface area contributed by atoms with Crippen molar-refractivity contribution in [3.05, 3.63) is 77.9 Å². The lowest BCUT2D eigenvalue weighted by Gasteiger charge is -2.19. The first-order valence-corrected chi connectivity index (χ1v) is 9.92. The van der Waals surface area contributed by atoms with Crippen LogP contribution in [0.2, 0.25) is 0 Å². The number of amides is 1. The summed E-state index contributed by atoms with van der Waals surface area (Å²) in [4.78, 5) is 19.7. The van der Waals surface area contributed by atoms with Crippen molar-refractivity contribution in [1.82, 2.24) is 15.3 Å². The van der Waals surface area contributed by atoms with Gasteiger partial charge in [-0.3, -0.25) is 4.79 Å². The molecule has 1 aromatic heterocycles. The number of nitrogens with zero attached hydrogens (tertiary/aromatic N) is 1. The molecular formula is C23H27N3O3. The second-order valence-corrected chi connectivity index (χ2v) is 6.92. The normalized spacial score (nSPS) is 11.8. The van der Waals surface area contributed by atoms with Gasteiger partial charge < -0.3 is 20.1 Å². The molecule has 1 atom stereocenters. The van der Waals surface area contributed by atoms with Crippen LogP contribution in [0.1, 0.15) is 42.5 Å². The number of nitrogens with one attached hydrogen (secondary N) is 2. The molecule has 29 heavy (non-hydrogen) atoms. The Morgan fingerprint density at radius 2 is 2.03 bits per heavy atom.